The number of hydrogen-bond acceptors (Lipinski definition) is 3. The molecule has 0 saturated carbocycles. The van der Waals surface area contributed by atoms with Crippen molar-refractivity contribution in [3.63, 3.8) is 0 Å². The summed E-state index contributed by atoms with van der Waals surface area (Å²) in [5.74, 6) is -0.613. The Morgan fingerprint density at radius 2 is 2.00 bits per heavy atom. The van der Waals surface area contributed by atoms with Gasteiger partial charge in [-0.1, -0.05) is 6.07 Å². The third-order valence-corrected chi connectivity index (χ3v) is 4.09. The van der Waals surface area contributed by atoms with E-state index in [1.807, 2.05) is 0 Å². The van der Waals surface area contributed by atoms with E-state index in [1.165, 1.54) is 12.1 Å². The van der Waals surface area contributed by atoms with Crippen LogP contribution >= 0.6 is 0 Å². The first-order chi connectivity index (χ1) is 7.68. The molecule has 6 heteroatoms. The van der Waals surface area contributed by atoms with Crippen LogP contribution in [-0.4, -0.2) is 25.7 Å². The molecular weight excluding hydrogens is 245 g/mol. The average molecular weight is 261 g/mol. The lowest BCUT2D eigenvalue weighted by Crippen LogP contribution is -2.46. The summed E-state index contributed by atoms with van der Waals surface area (Å²) in [5, 5.41) is 9.03. The lowest BCUT2D eigenvalue weighted by atomic mass is 10.1. The van der Waals surface area contributed by atoms with E-state index in [9.17, 15) is 12.8 Å². The maximum atomic E-state index is 13.1. The molecule has 0 heterocycles. The molecular formula is C11H16FNO3S. The third kappa shape index (κ3) is 3.49. The van der Waals surface area contributed by atoms with Crippen LogP contribution in [0.25, 0.3) is 0 Å². The molecule has 96 valence electrons. The van der Waals surface area contributed by atoms with Crippen molar-refractivity contribution in [3.05, 3.63) is 29.6 Å². The van der Waals surface area contributed by atoms with E-state index in [2.05, 4.69) is 4.72 Å². The fraction of sp³-hybridized carbons (Fsp3) is 0.455. The second-order valence-corrected chi connectivity index (χ2v) is 6.21. The highest BCUT2D eigenvalue weighted by atomic mass is 32.2. The Hall–Kier alpha value is -0.980. The molecule has 0 saturated heterocycles. The quantitative estimate of drug-likeness (QED) is 0.855. The van der Waals surface area contributed by atoms with Crippen LogP contribution in [0.4, 0.5) is 4.39 Å². The predicted octanol–water partition coefficient (Wildman–Crippen LogP) is 1.18. The highest BCUT2D eigenvalue weighted by Gasteiger charge is 2.26. The van der Waals surface area contributed by atoms with Crippen molar-refractivity contribution in [2.24, 2.45) is 0 Å². The predicted molar refractivity (Wildman–Crippen MR) is 62.6 cm³/mol. The molecule has 0 spiro atoms. The van der Waals surface area contributed by atoms with Crippen LogP contribution in [0.15, 0.2) is 23.1 Å². The second-order valence-electron chi connectivity index (χ2n) is 4.56. The summed E-state index contributed by atoms with van der Waals surface area (Å²) in [6.45, 7) is 4.32. The van der Waals surface area contributed by atoms with Crippen molar-refractivity contribution < 1.29 is 17.9 Å². The Morgan fingerprint density at radius 3 is 2.53 bits per heavy atom. The summed E-state index contributed by atoms with van der Waals surface area (Å²) in [6, 6.07) is 3.56. The van der Waals surface area contributed by atoms with Crippen LogP contribution in [0.5, 0.6) is 0 Å². The molecule has 2 N–H and O–H groups in total. The molecule has 1 aromatic carbocycles. The van der Waals surface area contributed by atoms with Crippen LogP contribution in [-0.2, 0) is 10.0 Å². The molecule has 4 nitrogen and oxygen atoms in total. The van der Waals surface area contributed by atoms with Gasteiger partial charge in [-0.15, -0.1) is 0 Å². The molecule has 0 radical (unpaired) electrons. The van der Waals surface area contributed by atoms with Crippen LogP contribution in [0.3, 0.4) is 0 Å². The van der Waals surface area contributed by atoms with Crippen molar-refractivity contribution in [2.45, 2.75) is 31.2 Å². The fourth-order valence-corrected chi connectivity index (χ4v) is 2.98. The second kappa shape index (κ2) is 4.72. The molecule has 0 unspecified atom stereocenters. The molecule has 0 fully saturated rings. The smallest absolute Gasteiger partial charge is 0.241 e. The van der Waals surface area contributed by atoms with Gasteiger partial charge in [0.1, 0.15) is 5.82 Å². The first kappa shape index (κ1) is 14.1. The van der Waals surface area contributed by atoms with Crippen LogP contribution in [0, 0.1) is 12.7 Å². The van der Waals surface area contributed by atoms with Gasteiger partial charge in [-0.3, -0.25) is 0 Å². The van der Waals surface area contributed by atoms with Gasteiger partial charge in [0.2, 0.25) is 10.0 Å². The van der Waals surface area contributed by atoms with Gasteiger partial charge in [-0.05, 0) is 38.5 Å². The molecule has 0 amide bonds. The van der Waals surface area contributed by atoms with Crippen LogP contribution in [0.1, 0.15) is 19.4 Å². The zero-order chi connectivity index (χ0) is 13.3. The standard InChI is InChI=1S/C11H16FNO3S/c1-8-4-5-9(12)6-10(8)17(15,16)13-11(2,3)7-14/h4-6,13-14H,7H2,1-3H3. The Labute approximate surface area is 101 Å². The normalized spacial score (nSPS) is 12.8. The van der Waals surface area contributed by atoms with E-state index in [1.54, 1.807) is 20.8 Å². The Balaban J connectivity index is 3.18. The van der Waals surface area contributed by atoms with Gasteiger partial charge in [0.25, 0.3) is 0 Å². The number of sulfonamides is 1. The average Bonchev–Trinajstić information content (AvgIpc) is 2.20. The highest BCUT2D eigenvalue weighted by molar-refractivity contribution is 7.89. The Bertz CT molecular complexity index is 511. The number of aliphatic hydroxyl groups is 1. The maximum absolute atomic E-state index is 13.1. The minimum absolute atomic E-state index is 0.112. The summed E-state index contributed by atoms with van der Waals surface area (Å²) < 4.78 is 39.4. The van der Waals surface area contributed by atoms with Crippen molar-refractivity contribution in [1.82, 2.24) is 4.72 Å². The fourth-order valence-electron chi connectivity index (χ4n) is 1.31. The molecule has 1 aromatic rings. The zero-order valence-corrected chi connectivity index (χ0v) is 10.8. The molecule has 1 rings (SSSR count). The molecule has 0 aliphatic carbocycles. The Morgan fingerprint density at radius 1 is 1.41 bits per heavy atom. The van der Waals surface area contributed by atoms with Gasteiger partial charge in [-0.2, -0.15) is 0 Å². The number of nitrogens with one attached hydrogen (secondary N) is 1. The van der Waals surface area contributed by atoms with E-state index >= 15 is 0 Å². The zero-order valence-electron chi connectivity index (χ0n) is 9.99. The molecule has 0 aromatic heterocycles. The number of aryl methyl sites for hydroxylation is 1. The summed E-state index contributed by atoms with van der Waals surface area (Å²) in [4.78, 5) is -0.112. The summed E-state index contributed by atoms with van der Waals surface area (Å²) >= 11 is 0. The minimum atomic E-state index is -3.83. The van der Waals surface area contributed by atoms with Crippen molar-refractivity contribution in [1.29, 1.82) is 0 Å². The summed E-state index contributed by atoms with van der Waals surface area (Å²) in [7, 11) is -3.83. The topological polar surface area (TPSA) is 66.4 Å². The highest BCUT2D eigenvalue weighted by Crippen LogP contribution is 2.18. The monoisotopic (exact) mass is 261 g/mol. The van der Waals surface area contributed by atoms with Crippen molar-refractivity contribution in [3.8, 4) is 0 Å². The molecule has 0 atom stereocenters. The maximum Gasteiger partial charge on any atom is 0.241 e. The first-order valence-electron chi connectivity index (χ1n) is 5.09. The van der Waals surface area contributed by atoms with Gasteiger partial charge < -0.3 is 5.11 Å². The van der Waals surface area contributed by atoms with E-state index in [-0.39, 0.29) is 11.5 Å². The van der Waals surface area contributed by atoms with Gasteiger partial charge >= 0.3 is 0 Å². The number of hydrogen-bond donors (Lipinski definition) is 2. The number of benzene rings is 1. The van der Waals surface area contributed by atoms with Gasteiger partial charge in [0.15, 0.2) is 0 Å². The molecule has 17 heavy (non-hydrogen) atoms. The molecule has 0 aliphatic rings. The summed E-state index contributed by atoms with van der Waals surface area (Å²) in [5.41, 5.74) is -0.537. The van der Waals surface area contributed by atoms with Gasteiger partial charge in [0.05, 0.1) is 17.0 Å². The molecule has 0 aliphatic heterocycles. The number of aliphatic hydroxyl groups excluding tert-OH is 1. The van der Waals surface area contributed by atoms with Crippen molar-refractivity contribution >= 4 is 10.0 Å². The van der Waals surface area contributed by atoms with Crippen LogP contribution in [0.2, 0.25) is 0 Å². The van der Waals surface area contributed by atoms with E-state index < -0.39 is 21.4 Å². The lowest BCUT2D eigenvalue weighted by molar-refractivity contribution is 0.208. The Kier molecular flexibility index (Phi) is 3.91. The largest absolute Gasteiger partial charge is 0.394 e. The SMILES string of the molecule is Cc1ccc(F)cc1S(=O)(=O)NC(C)(C)CO. The third-order valence-electron chi connectivity index (χ3n) is 2.25. The molecule has 0 bridgehead atoms. The van der Waals surface area contributed by atoms with E-state index in [0.29, 0.717) is 5.56 Å². The van der Waals surface area contributed by atoms with E-state index in [4.69, 9.17) is 5.11 Å². The lowest BCUT2D eigenvalue weighted by Gasteiger charge is -2.23. The van der Waals surface area contributed by atoms with Crippen molar-refractivity contribution in [2.75, 3.05) is 6.61 Å². The minimum Gasteiger partial charge on any atom is -0.394 e. The number of halogens is 1. The van der Waals surface area contributed by atoms with Gasteiger partial charge in [-0.25, -0.2) is 17.5 Å². The van der Waals surface area contributed by atoms with Gasteiger partial charge in [0, 0.05) is 0 Å². The van der Waals surface area contributed by atoms with E-state index in [0.717, 1.165) is 6.07 Å². The first-order valence-corrected chi connectivity index (χ1v) is 6.57. The number of rotatable bonds is 4. The van der Waals surface area contributed by atoms with Crippen LogP contribution < -0.4 is 4.72 Å². The summed E-state index contributed by atoms with van der Waals surface area (Å²) in [6.07, 6.45) is 0.